The third-order valence-electron chi connectivity index (χ3n) is 3.91. The zero-order valence-corrected chi connectivity index (χ0v) is 14.7. The normalized spacial score (nSPS) is 17.0. The van der Waals surface area contributed by atoms with Gasteiger partial charge in [0.25, 0.3) is 5.91 Å². The third kappa shape index (κ3) is 3.59. The Kier molecular flexibility index (Phi) is 4.85. The molecule has 0 aromatic heterocycles. The summed E-state index contributed by atoms with van der Waals surface area (Å²) in [6, 6.07) is 14.3. The standard InChI is InChI=1S/C18H17BrN2O3/c1-24-16-7-3-6-15(10-16)21-11-14(9-17(21)22)20-18(23)12-4-2-5-13(19)8-12/h2-8,10,14H,9,11H2,1H3,(H,20,23)/t14-/m0/s1. The second-order valence-corrected chi connectivity index (χ2v) is 6.51. The molecule has 0 unspecified atom stereocenters. The number of anilines is 1. The van der Waals surface area contributed by atoms with E-state index in [1.807, 2.05) is 30.3 Å². The minimum Gasteiger partial charge on any atom is -0.497 e. The van der Waals surface area contributed by atoms with Gasteiger partial charge in [-0.2, -0.15) is 0 Å². The number of nitrogens with zero attached hydrogens (tertiary/aromatic N) is 1. The molecular formula is C18H17BrN2O3. The zero-order chi connectivity index (χ0) is 17.1. The van der Waals surface area contributed by atoms with E-state index in [1.54, 1.807) is 30.2 Å². The minimum atomic E-state index is -0.213. The number of hydrogen-bond acceptors (Lipinski definition) is 3. The molecule has 1 aliphatic rings. The van der Waals surface area contributed by atoms with Crippen LogP contribution in [0.5, 0.6) is 5.75 Å². The SMILES string of the molecule is COc1cccc(N2C[C@@H](NC(=O)c3cccc(Br)c3)CC2=O)c1. The summed E-state index contributed by atoms with van der Waals surface area (Å²) >= 11 is 3.35. The summed E-state index contributed by atoms with van der Waals surface area (Å²) in [5.41, 5.74) is 1.34. The Hall–Kier alpha value is -2.34. The summed E-state index contributed by atoms with van der Waals surface area (Å²) in [6.45, 7) is 0.450. The maximum Gasteiger partial charge on any atom is 0.251 e. The van der Waals surface area contributed by atoms with Crippen LogP contribution in [0, 0.1) is 0 Å². The van der Waals surface area contributed by atoms with Crippen molar-refractivity contribution in [1.82, 2.24) is 5.32 Å². The molecule has 1 saturated heterocycles. The second kappa shape index (κ2) is 7.05. The lowest BCUT2D eigenvalue weighted by Gasteiger charge is -2.18. The molecule has 5 nitrogen and oxygen atoms in total. The first-order valence-electron chi connectivity index (χ1n) is 7.57. The lowest BCUT2D eigenvalue weighted by Crippen LogP contribution is -2.37. The van der Waals surface area contributed by atoms with Crippen molar-refractivity contribution in [3.63, 3.8) is 0 Å². The number of halogens is 1. The smallest absolute Gasteiger partial charge is 0.251 e. The first kappa shape index (κ1) is 16.5. The highest BCUT2D eigenvalue weighted by Crippen LogP contribution is 2.25. The van der Waals surface area contributed by atoms with E-state index in [4.69, 9.17) is 4.74 Å². The van der Waals surface area contributed by atoms with Gasteiger partial charge in [0.1, 0.15) is 5.75 Å². The molecule has 1 heterocycles. The Morgan fingerprint density at radius 3 is 2.79 bits per heavy atom. The molecular weight excluding hydrogens is 372 g/mol. The highest BCUT2D eigenvalue weighted by Gasteiger charge is 2.31. The fraction of sp³-hybridized carbons (Fsp3) is 0.222. The van der Waals surface area contributed by atoms with E-state index in [0.717, 1.165) is 10.2 Å². The molecule has 124 valence electrons. The fourth-order valence-corrected chi connectivity index (χ4v) is 3.13. The predicted molar refractivity (Wildman–Crippen MR) is 95.4 cm³/mol. The van der Waals surface area contributed by atoms with Crippen LogP contribution in [0.3, 0.4) is 0 Å². The van der Waals surface area contributed by atoms with Gasteiger partial charge >= 0.3 is 0 Å². The molecule has 2 amide bonds. The highest BCUT2D eigenvalue weighted by molar-refractivity contribution is 9.10. The molecule has 0 radical (unpaired) electrons. The quantitative estimate of drug-likeness (QED) is 0.875. The summed E-state index contributed by atoms with van der Waals surface area (Å²) in [5, 5.41) is 2.93. The molecule has 0 saturated carbocycles. The first-order valence-corrected chi connectivity index (χ1v) is 8.37. The van der Waals surface area contributed by atoms with Crippen LogP contribution in [0.2, 0.25) is 0 Å². The number of benzene rings is 2. The van der Waals surface area contributed by atoms with Crippen molar-refractivity contribution < 1.29 is 14.3 Å². The summed E-state index contributed by atoms with van der Waals surface area (Å²) < 4.78 is 6.04. The maximum atomic E-state index is 12.3. The minimum absolute atomic E-state index is 0.0113. The van der Waals surface area contributed by atoms with Crippen molar-refractivity contribution in [2.75, 3.05) is 18.6 Å². The Morgan fingerprint density at radius 1 is 1.25 bits per heavy atom. The van der Waals surface area contributed by atoms with Crippen molar-refractivity contribution >= 4 is 33.4 Å². The number of hydrogen-bond donors (Lipinski definition) is 1. The van der Waals surface area contributed by atoms with Gasteiger partial charge in [-0.3, -0.25) is 9.59 Å². The summed E-state index contributed by atoms with van der Waals surface area (Å²) in [6.07, 6.45) is 0.289. The van der Waals surface area contributed by atoms with Gasteiger partial charge in [-0.25, -0.2) is 0 Å². The topological polar surface area (TPSA) is 58.6 Å². The first-order chi connectivity index (χ1) is 11.6. The van der Waals surface area contributed by atoms with E-state index in [-0.39, 0.29) is 24.3 Å². The third-order valence-corrected chi connectivity index (χ3v) is 4.41. The van der Waals surface area contributed by atoms with Crippen LogP contribution in [0.15, 0.2) is 53.0 Å². The summed E-state index contributed by atoms with van der Waals surface area (Å²) in [5.74, 6) is 0.506. The van der Waals surface area contributed by atoms with Crippen molar-refractivity contribution in [1.29, 1.82) is 0 Å². The van der Waals surface area contributed by atoms with Crippen LogP contribution in [0.25, 0.3) is 0 Å². The molecule has 3 rings (SSSR count). The maximum absolute atomic E-state index is 12.3. The molecule has 0 spiro atoms. The van der Waals surface area contributed by atoms with Gasteiger partial charge in [-0.15, -0.1) is 0 Å². The van der Waals surface area contributed by atoms with Crippen LogP contribution < -0.4 is 15.0 Å². The van der Waals surface area contributed by atoms with Gasteiger partial charge in [-0.05, 0) is 30.3 Å². The molecule has 6 heteroatoms. The number of ether oxygens (including phenoxy) is 1. The average molecular weight is 389 g/mol. The molecule has 0 bridgehead atoms. The summed E-state index contributed by atoms with van der Waals surface area (Å²) in [4.78, 5) is 26.3. The van der Waals surface area contributed by atoms with E-state index in [0.29, 0.717) is 17.9 Å². The van der Waals surface area contributed by atoms with Gasteiger partial charge in [0.05, 0.1) is 13.2 Å². The zero-order valence-electron chi connectivity index (χ0n) is 13.2. The number of nitrogens with one attached hydrogen (secondary N) is 1. The number of amides is 2. The molecule has 2 aromatic carbocycles. The van der Waals surface area contributed by atoms with Crippen molar-refractivity contribution in [3.05, 3.63) is 58.6 Å². The molecule has 1 fully saturated rings. The molecule has 1 atom stereocenters. The molecule has 1 N–H and O–H groups in total. The Morgan fingerprint density at radius 2 is 2.04 bits per heavy atom. The number of methoxy groups -OCH3 is 1. The van der Waals surface area contributed by atoms with E-state index in [1.165, 1.54) is 0 Å². The Labute approximate surface area is 148 Å². The Balaban J connectivity index is 1.69. The van der Waals surface area contributed by atoms with Gasteiger partial charge in [0.15, 0.2) is 0 Å². The van der Waals surface area contributed by atoms with Crippen molar-refractivity contribution in [2.24, 2.45) is 0 Å². The molecule has 2 aromatic rings. The Bertz CT molecular complexity index is 778. The summed E-state index contributed by atoms with van der Waals surface area (Å²) in [7, 11) is 1.59. The predicted octanol–water partition coefficient (Wildman–Crippen LogP) is 2.99. The largest absolute Gasteiger partial charge is 0.497 e. The van der Waals surface area contributed by atoms with Gasteiger partial charge in [-0.1, -0.05) is 28.1 Å². The molecule has 1 aliphatic heterocycles. The second-order valence-electron chi connectivity index (χ2n) is 5.59. The van der Waals surface area contributed by atoms with Gasteiger partial charge in [0.2, 0.25) is 5.91 Å². The number of rotatable bonds is 4. The van der Waals surface area contributed by atoms with Crippen LogP contribution in [-0.4, -0.2) is 31.5 Å². The van der Waals surface area contributed by atoms with E-state index >= 15 is 0 Å². The fourth-order valence-electron chi connectivity index (χ4n) is 2.73. The number of carbonyl (C=O) groups excluding carboxylic acids is 2. The lowest BCUT2D eigenvalue weighted by molar-refractivity contribution is -0.117. The van der Waals surface area contributed by atoms with Gasteiger partial charge in [0, 0.05) is 34.8 Å². The van der Waals surface area contributed by atoms with Crippen molar-refractivity contribution in [3.8, 4) is 5.75 Å². The van der Waals surface area contributed by atoms with Crippen LogP contribution >= 0.6 is 15.9 Å². The average Bonchev–Trinajstić information content (AvgIpc) is 2.95. The van der Waals surface area contributed by atoms with Crippen molar-refractivity contribution in [2.45, 2.75) is 12.5 Å². The number of carbonyl (C=O) groups is 2. The van der Waals surface area contributed by atoms with E-state index in [2.05, 4.69) is 21.2 Å². The molecule has 0 aliphatic carbocycles. The van der Waals surface area contributed by atoms with E-state index in [9.17, 15) is 9.59 Å². The monoisotopic (exact) mass is 388 g/mol. The van der Waals surface area contributed by atoms with E-state index < -0.39 is 0 Å². The van der Waals surface area contributed by atoms with Crippen LogP contribution in [0.4, 0.5) is 5.69 Å². The van der Waals surface area contributed by atoms with Gasteiger partial charge < -0.3 is 15.0 Å². The lowest BCUT2D eigenvalue weighted by atomic mass is 10.2. The molecule has 24 heavy (non-hydrogen) atoms. The highest BCUT2D eigenvalue weighted by atomic mass is 79.9. The van der Waals surface area contributed by atoms with Crippen LogP contribution in [-0.2, 0) is 4.79 Å². The van der Waals surface area contributed by atoms with Crippen LogP contribution in [0.1, 0.15) is 16.8 Å².